The molecule has 3 saturated heterocycles. The Kier molecular flexibility index (Phi) is 3.41. The van der Waals surface area contributed by atoms with E-state index >= 15 is 0 Å². The smallest absolute Gasteiger partial charge is 0.261 e. The molecule has 1 aromatic heterocycles. The van der Waals surface area contributed by atoms with Crippen LogP contribution in [-0.4, -0.2) is 49.6 Å². The highest BCUT2D eigenvalue weighted by Gasteiger charge is 2.60. The minimum atomic E-state index is 0.121. The Morgan fingerprint density at radius 3 is 2.72 bits per heavy atom. The lowest BCUT2D eigenvalue weighted by molar-refractivity contribution is -0.00138. The van der Waals surface area contributed by atoms with Gasteiger partial charge >= 0.3 is 0 Å². The number of carbonyl (C=O) groups excluding carboxylic acids is 1. The molecule has 3 aliphatic heterocycles. The topological polar surface area (TPSA) is 35.6 Å². The quantitative estimate of drug-likeness (QED) is 0.917. The van der Waals surface area contributed by atoms with Crippen LogP contribution in [0.2, 0.25) is 0 Å². The van der Waals surface area contributed by atoms with Crippen LogP contribution in [0.3, 0.4) is 0 Å². The first kappa shape index (κ1) is 15.6. The number of carbonyl (C=O) groups is 1. The standard InChI is InChI=1S/C20H25N3OS/c1-22(2)15-5-3-4-14-12-16(25-17(14)15)19(24)21-18-13-6-10-23(11-7-13)20(18)8-9-20/h3-5,12-13,18H,6-11H2,1-2H3,(H,21,24)/t18-/m0/s1. The maximum atomic E-state index is 13.0. The van der Waals surface area contributed by atoms with Crippen LogP contribution in [-0.2, 0) is 0 Å². The molecule has 1 aromatic carbocycles. The molecule has 2 aromatic rings. The molecule has 5 heteroatoms. The van der Waals surface area contributed by atoms with E-state index in [2.05, 4.69) is 53.5 Å². The molecule has 4 aliphatic rings. The Morgan fingerprint density at radius 2 is 2.04 bits per heavy atom. The number of nitrogens with zero attached hydrogens (tertiary/aromatic N) is 2. The summed E-state index contributed by atoms with van der Waals surface area (Å²) in [6.45, 7) is 2.46. The van der Waals surface area contributed by atoms with E-state index in [-0.39, 0.29) is 5.91 Å². The van der Waals surface area contributed by atoms with Crippen molar-refractivity contribution in [3.05, 3.63) is 29.1 Å². The van der Waals surface area contributed by atoms with Gasteiger partial charge in [0.15, 0.2) is 0 Å². The number of benzene rings is 1. The van der Waals surface area contributed by atoms with Gasteiger partial charge in [-0.1, -0.05) is 12.1 Å². The second-order valence-electron chi connectivity index (χ2n) is 8.08. The van der Waals surface area contributed by atoms with Crippen molar-refractivity contribution in [3.8, 4) is 0 Å². The average Bonchev–Trinajstić information content (AvgIpc) is 3.26. The molecule has 1 aliphatic carbocycles. The predicted octanol–water partition coefficient (Wildman–Crippen LogP) is 3.32. The highest BCUT2D eigenvalue weighted by atomic mass is 32.1. The third-order valence-electron chi connectivity index (χ3n) is 6.50. The van der Waals surface area contributed by atoms with E-state index in [9.17, 15) is 4.79 Å². The van der Waals surface area contributed by atoms with Crippen molar-refractivity contribution < 1.29 is 4.79 Å². The number of hydrogen-bond acceptors (Lipinski definition) is 4. The number of anilines is 1. The van der Waals surface area contributed by atoms with Crippen LogP contribution in [0.1, 0.15) is 35.4 Å². The minimum Gasteiger partial charge on any atom is -0.377 e. The van der Waals surface area contributed by atoms with Crippen molar-refractivity contribution in [2.45, 2.75) is 37.3 Å². The van der Waals surface area contributed by atoms with Crippen molar-refractivity contribution in [3.63, 3.8) is 0 Å². The lowest BCUT2D eigenvalue weighted by atomic mass is 9.77. The molecule has 1 amide bonds. The van der Waals surface area contributed by atoms with E-state index in [0.29, 0.717) is 17.5 Å². The van der Waals surface area contributed by atoms with Gasteiger partial charge in [-0.15, -0.1) is 11.3 Å². The summed E-state index contributed by atoms with van der Waals surface area (Å²) in [5.41, 5.74) is 1.48. The number of piperidine rings is 3. The molecular formula is C20H25N3OS. The maximum Gasteiger partial charge on any atom is 0.261 e. The van der Waals surface area contributed by atoms with Gasteiger partial charge in [0.1, 0.15) is 0 Å². The van der Waals surface area contributed by atoms with Crippen LogP contribution < -0.4 is 10.2 Å². The summed E-state index contributed by atoms with van der Waals surface area (Å²) >= 11 is 1.62. The van der Waals surface area contributed by atoms with E-state index in [1.54, 1.807) is 11.3 Å². The fourth-order valence-corrected chi connectivity index (χ4v) is 6.20. The Hall–Kier alpha value is -1.59. The third-order valence-corrected chi connectivity index (χ3v) is 7.67. The summed E-state index contributed by atoms with van der Waals surface area (Å²) < 4.78 is 1.20. The molecule has 1 spiro atoms. The Labute approximate surface area is 152 Å². The minimum absolute atomic E-state index is 0.121. The Balaban J connectivity index is 1.43. The fourth-order valence-electron chi connectivity index (χ4n) is 5.05. The van der Waals surface area contributed by atoms with E-state index in [4.69, 9.17) is 0 Å². The van der Waals surface area contributed by atoms with Crippen LogP contribution in [0, 0.1) is 5.92 Å². The van der Waals surface area contributed by atoms with Crippen molar-refractivity contribution in [2.75, 3.05) is 32.1 Å². The third kappa shape index (κ3) is 2.32. The fraction of sp³-hybridized carbons (Fsp3) is 0.550. The summed E-state index contributed by atoms with van der Waals surface area (Å²) in [4.78, 5) is 18.6. The van der Waals surface area contributed by atoms with E-state index in [0.717, 1.165) is 10.3 Å². The summed E-state index contributed by atoms with van der Waals surface area (Å²) in [6, 6.07) is 8.70. The SMILES string of the molecule is CN(C)c1cccc2cc(C(=O)N[C@H]3C4CCN(CC4)C34CC4)sc12. The molecule has 0 unspecified atom stereocenters. The molecule has 1 atom stereocenters. The van der Waals surface area contributed by atoms with Gasteiger partial charge in [-0.05, 0) is 62.2 Å². The van der Waals surface area contributed by atoms with Gasteiger partial charge in [-0.3, -0.25) is 9.69 Å². The number of hydrogen-bond donors (Lipinski definition) is 1. The van der Waals surface area contributed by atoms with Crippen LogP contribution in [0.4, 0.5) is 5.69 Å². The lowest BCUT2D eigenvalue weighted by Crippen LogP contribution is -2.65. The molecule has 6 rings (SSSR count). The van der Waals surface area contributed by atoms with Crippen LogP contribution >= 0.6 is 11.3 Å². The zero-order valence-corrected chi connectivity index (χ0v) is 15.7. The molecule has 2 bridgehead atoms. The normalized spacial score (nSPS) is 29.1. The predicted molar refractivity (Wildman–Crippen MR) is 104 cm³/mol. The van der Waals surface area contributed by atoms with E-state index in [1.807, 2.05) is 0 Å². The summed E-state index contributed by atoms with van der Waals surface area (Å²) in [6.07, 6.45) is 4.99. The zero-order chi connectivity index (χ0) is 17.2. The van der Waals surface area contributed by atoms with Crippen LogP contribution in [0.15, 0.2) is 24.3 Å². The van der Waals surface area contributed by atoms with Crippen molar-refractivity contribution >= 4 is 33.0 Å². The number of rotatable bonds is 3. The number of fused-ring (bicyclic) bond motifs is 3. The molecule has 132 valence electrons. The molecule has 4 nitrogen and oxygen atoms in total. The van der Waals surface area contributed by atoms with Crippen molar-refractivity contribution in [1.29, 1.82) is 0 Å². The Morgan fingerprint density at radius 1 is 1.28 bits per heavy atom. The van der Waals surface area contributed by atoms with Gasteiger partial charge in [0.25, 0.3) is 5.91 Å². The van der Waals surface area contributed by atoms with Crippen molar-refractivity contribution in [1.82, 2.24) is 10.2 Å². The largest absolute Gasteiger partial charge is 0.377 e. The number of nitrogens with one attached hydrogen (secondary N) is 1. The maximum absolute atomic E-state index is 13.0. The van der Waals surface area contributed by atoms with E-state index in [1.165, 1.54) is 49.2 Å². The zero-order valence-electron chi connectivity index (χ0n) is 14.9. The molecule has 4 fully saturated rings. The molecule has 25 heavy (non-hydrogen) atoms. The lowest BCUT2D eigenvalue weighted by Gasteiger charge is -2.52. The second kappa shape index (κ2) is 5.45. The highest BCUT2D eigenvalue weighted by Crippen LogP contribution is 2.53. The van der Waals surface area contributed by atoms with Gasteiger partial charge in [-0.2, -0.15) is 0 Å². The van der Waals surface area contributed by atoms with Gasteiger partial charge in [0, 0.05) is 19.6 Å². The molecule has 1 saturated carbocycles. The first-order valence-corrected chi connectivity index (χ1v) is 10.2. The summed E-state index contributed by atoms with van der Waals surface area (Å²) in [7, 11) is 4.11. The van der Waals surface area contributed by atoms with Crippen molar-refractivity contribution in [2.24, 2.45) is 5.92 Å². The number of thiophene rings is 1. The van der Waals surface area contributed by atoms with Gasteiger partial charge < -0.3 is 10.2 Å². The van der Waals surface area contributed by atoms with E-state index < -0.39 is 0 Å². The monoisotopic (exact) mass is 355 g/mol. The van der Waals surface area contributed by atoms with Gasteiger partial charge in [0.05, 0.1) is 21.3 Å². The summed E-state index contributed by atoms with van der Waals surface area (Å²) in [5, 5.41) is 4.61. The van der Waals surface area contributed by atoms with Crippen LogP contribution in [0.25, 0.3) is 10.1 Å². The summed E-state index contributed by atoms with van der Waals surface area (Å²) in [5.74, 6) is 0.791. The Bertz CT molecular complexity index is 831. The molecule has 0 radical (unpaired) electrons. The first-order chi connectivity index (χ1) is 12.1. The number of amides is 1. The average molecular weight is 356 g/mol. The second-order valence-corrected chi connectivity index (χ2v) is 9.13. The van der Waals surface area contributed by atoms with Gasteiger partial charge in [0.2, 0.25) is 0 Å². The molecule has 1 N–H and O–H groups in total. The first-order valence-electron chi connectivity index (χ1n) is 9.34. The molecule has 4 heterocycles. The highest BCUT2D eigenvalue weighted by molar-refractivity contribution is 7.21. The van der Waals surface area contributed by atoms with Gasteiger partial charge in [-0.25, -0.2) is 0 Å². The van der Waals surface area contributed by atoms with Crippen LogP contribution in [0.5, 0.6) is 0 Å². The molecular weight excluding hydrogens is 330 g/mol.